The van der Waals surface area contributed by atoms with E-state index in [1.165, 1.54) is 19.3 Å². The van der Waals surface area contributed by atoms with E-state index in [-0.39, 0.29) is 0 Å². The third-order valence-electron chi connectivity index (χ3n) is 2.96. The van der Waals surface area contributed by atoms with Crippen molar-refractivity contribution in [2.24, 2.45) is 5.41 Å². The van der Waals surface area contributed by atoms with Crippen molar-refractivity contribution in [3.05, 3.63) is 0 Å². The van der Waals surface area contributed by atoms with E-state index in [9.17, 15) is 0 Å². The Morgan fingerprint density at radius 3 is 1.93 bits per heavy atom. The zero-order chi connectivity index (χ0) is 11.7. The molecule has 0 saturated heterocycles. The largest absolute Gasteiger partial charge is 0.397 e. The molecule has 0 amide bonds. The van der Waals surface area contributed by atoms with Crippen molar-refractivity contribution >= 4 is 9.28 Å². The van der Waals surface area contributed by atoms with Crippen molar-refractivity contribution in [3.8, 4) is 0 Å². The number of hydrogen-bond acceptors (Lipinski definition) is 2. The summed E-state index contributed by atoms with van der Waals surface area (Å²) >= 11 is 0. The van der Waals surface area contributed by atoms with Gasteiger partial charge in [0.2, 0.25) is 0 Å². The second-order valence-electron chi connectivity index (χ2n) is 4.75. The molecule has 92 valence electrons. The van der Waals surface area contributed by atoms with Crippen LogP contribution in [0.2, 0.25) is 6.04 Å². The topological polar surface area (TPSA) is 18.5 Å². The zero-order valence-corrected chi connectivity index (χ0v) is 12.3. The van der Waals surface area contributed by atoms with Gasteiger partial charge in [0.1, 0.15) is 0 Å². The molecule has 0 saturated carbocycles. The summed E-state index contributed by atoms with van der Waals surface area (Å²) < 4.78 is 11.3. The summed E-state index contributed by atoms with van der Waals surface area (Å²) in [6.07, 6.45) is 3.79. The van der Waals surface area contributed by atoms with Crippen molar-refractivity contribution in [2.45, 2.75) is 59.9 Å². The lowest BCUT2D eigenvalue weighted by molar-refractivity contribution is 0.210. The second-order valence-corrected chi connectivity index (χ2v) is 6.85. The number of rotatable bonds is 9. The van der Waals surface area contributed by atoms with E-state index in [1.54, 1.807) is 0 Å². The molecule has 0 spiro atoms. The van der Waals surface area contributed by atoms with Crippen molar-refractivity contribution < 1.29 is 8.85 Å². The molecule has 0 rings (SSSR count). The van der Waals surface area contributed by atoms with Crippen molar-refractivity contribution in [1.82, 2.24) is 0 Å². The van der Waals surface area contributed by atoms with E-state index in [0.717, 1.165) is 19.3 Å². The minimum atomic E-state index is -1.33. The Morgan fingerprint density at radius 1 is 1.00 bits per heavy atom. The zero-order valence-electron chi connectivity index (χ0n) is 11.1. The highest BCUT2D eigenvalue weighted by atomic mass is 28.3. The molecule has 2 nitrogen and oxygen atoms in total. The van der Waals surface area contributed by atoms with Crippen LogP contribution in [0.5, 0.6) is 0 Å². The van der Waals surface area contributed by atoms with Gasteiger partial charge < -0.3 is 8.85 Å². The van der Waals surface area contributed by atoms with Crippen molar-refractivity contribution in [3.63, 3.8) is 0 Å². The van der Waals surface area contributed by atoms with Crippen LogP contribution in [-0.4, -0.2) is 22.5 Å². The fourth-order valence-corrected chi connectivity index (χ4v) is 3.22. The van der Waals surface area contributed by atoms with Gasteiger partial charge in [-0.2, -0.15) is 0 Å². The lowest BCUT2D eigenvalue weighted by atomic mass is 9.85. The van der Waals surface area contributed by atoms with Gasteiger partial charge in [0, 0.05) is 13.2 Å². The molecule has 0 aliphatic rings. The smallest absolute Gasteiger partial charge is 0.321 e. The molecule has 0 aromatic carbocycles. The molecule has 0 radical (unpaired) electrons. The minimum Gasteiger partial charge on any atom is -0.397 e. The molecule has 3 heteroatoms. The standard InChI is InChI=1S/C12H28O2Si/c1-6-12(4,5)10-9-11-15(13-7-2)14-8-3/h15H,6-11H2,1-5H3. The van der Waals surface area contributed by atoms with E-state index in [0.29, 0.717) is 5.41 Å². The van der Waals surface area contributed by atoms with E-state index in [4.69, 9.17) is 8.85 Å². The molecule has 15 heavy (non-hydrogen) atoms. The monoisotopic (exact) mass is 232 g/mol. The fraction of sp³-hybridized carbons (Fsp3) is 1.00. The third-order valence-corrected chi connectivity index (χ3v) is 5.25. The van der Waals surface area contributed by atoms with Gasteiger partial charge in [-0.1, -0.05) is 33.6 Å². The van der Waals surface area contributed by atoms with Crippen LogP contribution >= 0.6 is 0 Å². The lowest BCUT2D eigenvalue weighted by Crippen LogP contribution is -2.23. The molecule has 0 aliphatic heterocycles. The van der Waals surface area contributed by atoms with Crippen LogP contribution in [0.4, 0.5) is 0 Å². The molecule has 0 atom stereocenters. The van der Waals surface area contributed by atoms with Gasteiger partial charge in [0.05, 0.1) is 0 Å². The third kappa shape index (κ3) is 8.00. The average molecular weight is 232 g/mol. The molecule has 0 aliphatic carbocycles. The fourth-order valence-electron chi connectivity index (χ4n) is 1.51. The predicted octanol–water partition coefficient (Wildman–Crippen LogP) is 3.50. The minimum absolute atomic E-state index is 0.484. The molecule has 0 aromatic heterocycles. The van der Waals surface area contributed by atoms with Crippen LogP contribution in [-0.2, 0) is 8.85 Å². The van der Waals surface area contributed by atoms with Crippen LogP contribution in [0.25, 0.3) is 0 Å². The second kappa shape index (κ2) is 8.31. The van der Waals surface area contributed by atoms with E-state index in [1.807, 2.05) is 0 Å². The van der Waals surface area contributed by atoms with Gasteiger partial charge in [0.25, 0.3) is 0 Å². The van der Waals surface area contributed by atoms with Crippen LogP contribution < -0.4 is 0 Å². The van der Waals surface area contributed by atoms with E-state index < -0.39 is 9.28 Å². The van der Waals surface area contributed by atoms with Crippen molar-refractivity contribution in [1.29, 1.82) is 0 Å². The Morgan fingerprint density at radius 2 is 1.53 bits per heavy atom. The molecule has 0 unspecified atom stereocenters. The van der Waals surface area contributed by atoms with Gasteiger partial charge in [-0.3, -0.25) is 0 Å². The Bertz CT molecular complexity index is 143. The van der Waals surface area contributed by atoms with Crippen LogP contribution in [0, 0.1) is 5.41 Å². The number of hydrogen-bond donors (Lipinski definition) is 0. The Kier molecular flexibility index (Phi) is 8.38. The van der Waals surface area contributed by atoms with Crippen LogP contribution in [0.3, 0.4) is 0 Å². The first-order valence-corrected chi connectivity index (χ1v) is 8.04. The van der Waals surface area contributed by atoms with Gasteiger partial charge in [0.15, 0.2) is 0 Å². The predicted molar refractivity (Wildman–Crippen MR) is 68.5 cm³/mol. The highest BCUT2D eigenvalue weighted by Gasteiger charge is 2.17. The summed E-state index contributed by atoms with van der Waals surface area (Å²) in [6, 6.07) is 1.16. The summed E-state index contributed by atoms with van der Waals surface area (Å²) in [6.45, 7) is 12.6. The quantitative estimate of drug-likeness (QED) is 0.567. The first-order valence-electron chi connectivity index (χ1n) is 6.29. The molecule has 0 fully saturated rings. The molecule has 0 N–H and O–H groups in total. The SMILES string of the molecule is CCO[SiH](CCCC(C)(C)CC)OCC. The molecule has 0 heterocycles. The molecule has 0 aromatic rings. The van der Waals surface area contributed by atoms with Gasteiger partial charge >= 0.3 is 9.28 Å². The maximum Gasteiger partial charge on any atom is 0.321 e. The first kappa shape index (κ1) is 15.1. The Labute approximate surface area is 97.2 Å². The summed E-state index contributed by atoms with van der Waals surface area (Å²) in [5, 5.41) is 0. The lowest BCUT2D eigenvalue weighted by Gasteiger charge is -2.23. The molecular weight excluding hydrogens is 204 g/mol. The first-order chi connectivity index (χ1) is 7.05. The summed E-state index contributed by atoms with van der Waals surface area (Å²) in [4.78, 5) is 0. The van der Waals surface area contributed by atoms with E-state index in [2.05, 4.69) is 34.6 Å². The summed E-state index contributed by atoms with van der Waals surface area (Å²) in [5.74, 6) is 0. The molecule has 0 bridgehead atoms. The highest BCUT2D eigenvalue weighted by molar-refractivity contribution is 6.44. The van der Waals surface area contributed by atoms with Gasteiger partial charge in [-0.15, -0.1) is 0 Å². The van der Waals surface area contributed by atoms with Crippen molar-refractivity contribution in [2.75, 3.05) is 13.2 Å². The Balaban J connectivity index is 3.69. The van der Waals surface area contributed by atoms with Crippen LogP contribution in [0.15, 0.2) is 0 Å². The van der Waals surface area contributed by atoms with Gasteiger partial charge in [-0.05, 0) is 31.7 Å². The van der Waals surface area contributed by atoms with Gasteiger partial charge in [-0.25, -0.2) is 0 Å². The van der Waals surface area contributed by atoms with Crippen LogP contribution in [0.1, 0.15) is 53.9 Å². The Hall–Kier alpha value is 0.137. The van der Waals surface area contributed by atoms with E-state index >= 15 is 0 Å². The highest BCUT2D eigenvalue weighted by Crippen LogP contribution is 2.27. The summed E-state index contributed by atoms with van der Waals surface area (Å²) in [7, 11) is -1.33. The maximum atomic E-state index is 5.65. The maximum absolute atomic E-state index is 5.65. The molecular formula is C12H28O2Si. The average Bonchev–Trinajstić information content (AvgIpc) is 2.18. The normalized spacial score (nSPS) is 12.4. The summed E-state index contributed by atoms with van der Waals surface area (Å²) in [5.41, 5.74) is 0.484.